The molecular formula is C15H18ClN3O. The summed E-state index contributed by atoms with van der Waals surface area (Å²) in [7, 11) is 0. The number of piperidine rings is 1. The van der Waals surface area contributed by atoms with Gasteiger partial charge < -0.3 is 9.84 Å². The minimum atomic E-state index is 0.615. The zero-order valence-corrected chi connectivity index (χ0v) is 12.1. The average molecular weight is 292 g/mol. The molecule has 2 aromatic rings. The fourth-order valence-electron chi connectivity index (χ4n) is 2.60. The zero-order chi connectivity index (χ0) is 13.8. The highest BCUT2D eigenvalue weighted by atomic mass is 35.5. The Labute approximate surface area is 123 Å². The van der Waals surface area contributed by atoms with Crippen LogP contribution in [0.1, 0.15) is 25.2 Å². The zero-order valence-electron chi connectivity index (χ0n) is 11.3. The Morgan fingerprint density at radius 3 is 3.15 bits per heavy atom. The van der Waals surface area contributed by atoms with E-state index in [4.69, 9.17) is 16.1 Å². The summed E-state index contributed by atoms with van der Waals surface area (Å²) in [4.78, 5) is 4.45. The summed E-state index contributed by atoms with van der Waals surface area (Å²) < 4.78 is 5.33. The molecule has 0 bridgehead atoms. The van der Waals surface area contributed by atoms with Crippen molar-refractivity contribution in [2.75, 3.05) is 13.1 Å². The van der Waals surface area contributed by atoms with Crippen LogP contribution >= 0.6 is 11.6 Å². The van der Waals surface area contributed by atoms with Gasteiger partial charge in [-0.2, -0.15) is 4.98 Å². The molecule has 0 spiro atoms. The third kappa shape index (κ3) is 3.38. The summed E-state index contributed by atoms with van der Waals surface area (Å²) >= 11 is 5.97. The van der Waals surface area contributed by atoms with Crippen LogP contribution in [0.25, 0.3) is 11.4 Å². The maximum absolute atomic E-state index is 5.97. The van der Waals surface area contributed by atoms with E-state index in [1.165, 1.54) is 12.8 Å². The molecule has 1 aromatic carbocycles. The number of halogens is 1. The third-order valence-electron chi connectivity index (χ3n) is 3.72. The Hall–Kier alpha value is -1.39. The van der Waals surface area contributed by atoms with Crippen LogP contribution in [0.5, 0.6) is 0 Å². The minimum absolute atomic E-state index is 0.615. The number of nitrogens with one attached hydrogen (secondary N) is 1. The lowest BCUT2D eigenvalue weighted by Gasteiger charge is -2.21. The van der Waals surface area contributed by atoms with Crippen molar-refractivity contribution in [1.82, 2.24) is 15.5 Å². The largest absolute Gasteiger partial charge is 0.339 e. The molecule has 0 radical (unpaired) electrons. The van der Waals surface area contributed by atoms with Crippen molar-refractivity contribution in [3.8, 4) is 11.4 Å². The monoisotopic (exact) mass is 291 g/mol. The SMILES string of the molecule is Clc1cccc(-c2noc(CCC3CCCNC3)n2)c1. The standard InChI is InChI=1S/C15H18ClN3O/c16-13-5-1-4-12(9-13)15-18-14(20-19-15)7-6-11-3-2-8-17-10-11/h1,4-5,9,11,17H,2-3,6-8,10H2. The molecule has 1 saturated heterocycles. The first-order chi connectivity index (χ1) is 9.81. The second-order valence-electron chi connectivity index (χ2n) is 5.27. The van der Waals surface area contributed by atoms with Gasteiger partial charge in [0.15, 0.2) is 0 Å². The number of nitrogens with zero attached hydrogens (tertiary/aromatic N) is 2. The van der Waals surface area contributed by atoms with Crippen LogP contribution in [-0.2, 0) is 6.42 Å². The number of hydrogen-bond acceptors (Lipinski definition) is 4. The first kappa shape index (κ1) is 13.6. The molecule has 106 valence electrons. The molecule has 1 N–H and O–H groups in total. The number of benzene rings is 1. The second kappa shape index (κ2) is 6.37. The molecule has 1 fully saturated rings. The molecular weight excluding hydrogens is 274 g/mol. The molecule has 1 aromatic heterocycles. The molecule has 1 unspecified atom stereocenters. The van der Waals surface area contributed by atoms with Gasteiger partial charge in [-0.25, -0.2) is 0 Å². The summed E-state index contributed by atoms with van der Waals surface area (Å²) in [6.07, 6.45) is 4.51. The van der Waals surface area contributed by atoms with Crippen LogP contribution < -0.4 is 5.32 Å². The number of aryl methyl sites for hydroxylation is 1. The summed E-state index contributed by atoms with van der Waals surface area (Å²) in [6, 6.07) is 7.51. The van der Waals surface area contributed by atoms with Crippen LogP contribution in [0.2, 0.25) is 5.02 Å². The minimum Gasteiger partial charge on any atom is -0.339 e. The fourth-order valence-corrected chi connectivity index (χ4v) is 2.79. The highest BCUT2D eigenvalue weighted by Gasteiger charge is 2.15. The van der Waals surface area contributed by atoms with Crippen LogP contribution in [0.15, 0.2) is 28.8 Å². The van der Waals surface area contributed by atoms with Crippen LogP contribution in [0.3, 0.4) is 0 Å². The summed E-state index contributed by atoms with van der Waals surface area (Å²) in [6.45, 7) is 2.26. The van der Waals surface area contributed by atoms with Gasteiger partial charge in [-0.1, -0.05) is 28.9 Å². The smallest absolute Gasteiger partial charge is 0.226 e. The molecule has 0 saturated carbocycles. The Morgan fingerprint density at radius 1 is 1.40 bits per heavy atom. The van der Waals surface area contributed by atoms with E-state index in [9.17, 15) is 0 Å². The van der Waals surface area contributed by atoms with Gasteiger partial charge in [0.1, 0.15) is 0 Å². The molecule has 0 amide bonds. The van der Waals surface area contributed by atoms with Gasteiger partial charge in [0.05, 0.1) is 0 Å². The van der Waals surface area contributed by atoms with Crippen molar-refractivity contribution in [2.45, 2.75) is 25.7 Å². The number of rotatable bonds is 4. The van der Waals surface area contributed by atoms with Crippen molar-refractivity contribution in [1.29, 1.82) is 0 Å². The van der Waals surface area contributed by atoms with Crippen LogP contribution in [-0.4, -0.2) is 23.2 Å². The van der Waals surface area contributed by atoms with Crippen LogP contribution in [0, 0.1) is 5.92 Å². The van der Waals surface area contributed by atoms with Crippen molar-refractivity contribution < 1.29 is 4.52 Å². The molecule has 3 rings (SSSR count). The van der Waals surface area contributed by atoms with Crippen molar-refractivity contribution in [3.63, 3.8) is 0 Å². The maximum atomic E-state index is 5.97. The van der Waals surface area contributed by atoms with Gasteiger partial charge in [-0.15, -0.1) is 0 Å². The molecule has 1 aliphatic rings. The van der Waals surface area contributed by atoms with E-state index in [0.717, 1.165) is 37.4 Å². The van der Waals surface area contributed by atoms with E-state index in [2.05, 4.69) is 15.5 Å². The van der Waals surface area contributed by atoms with Gasteiger partial charge in [0.25, 0.3) is 0 Å². The van der Waals surface area contributed by atoms with E-state index in [1.807, 2.05) is 24.3 Å². The van der Waals surface area contributed by atoms with Crippen molar-refractivity contribution in [2.24, 2.45) is 5.92 Å². The summed E-state index contributed by atoms with van der Waals surface area (Å²) in [5.41, 5.74) is 0.895. The predicted molar refractivity (Wildman–Crippen MR) is 78.7 cm³/mol. The lowest BCUT2D eigenvalue weighted by atomic mass is 9.95. The van der Waals surface area contributed by atoms with Gasteiger partial charge in [0, 0.05) is 17.0 Å². The van der Waals surface area contributed by atoms with E-state index in [1.54, 1.807) is 0 Å². The molecule has 1 atom stereocenters. The fraction of sp³-hybridized carbons (Fsp3) is 0.467. The summed E-state index contributed by atoms with van der Waals surface area (Å²) in [5.74, 6) is 2.06. The van der Waals surface area contributed by atoms with Gasteiger partial charge in [-0.05, 0) is 50.4 Å². The maximum Gasteiger partial charge on any atom is 0.226 e. The normalized spacial score (nSPS) is 19.1. The highest BCUT2D eigenvalue weighted by molar-refractivity contribution is 6.30. The van der Waals surface area contributed by atoms with Gasteiger partial charge >= 0.3 is 0 Å². The Balaban J connectivity index is 1.61. The van der Waals surface area contributed by atoms with E-state index in [0.29, 0.717) is 16.7 Å². The predicted octanol–water partition coefficient (Wildman–Crippen LogP) is 3.32. The topological polar surface area (TPSA) is 51.0 Å². The number of hydrogen-bond donors (Lipinski definition) is 1. The lowest BCUT2D eigenvalue weighted by molar-refractivity contribution is 0.327. The highest BCUT2D eigenvalue weighted by Crippen LogP contribution is 2.21. The van der Waals surface area contributed by atoms with Crippen LogP contribution in [0.4, 0.5) is 0 Å². The average Bonchev–Trinajstić information content (AvgIpc) is 2.95. The van der Waals surface area contributed by atoms with Gasteiger partial charge in [0.2, 0.25) is 11.7 Å². The van der Waals surface area contributed by atoms with E-state index >= 15 is 0 Å². The molecule has 4 nitrogen and oxygen atoms in total. The van der Waals surface area contributed by atoms with E-state index < -0.39 is 0 Å². The summed E-state index contributed by atoms with van der Waals surface area (Å²) in [5, 5.41) is 8.14. The molecule has 2 heterocycles. The number of aromatic nitrogens is 2. The Kier molecular flexibility index (Phi) is 4.33. The third-order valence-corrected chi connectivity index (χ3v) is 3.95. The Bertz CT molecular complexity index is 564. The molecule has 1 aliphatic heterocycles. The molecule has 0 aliphatic carbocycles. The Morgan fingerprint density at radius 2 is 2.35 bits per heavy atom. The first-order valence-corrected chi connectivity index (χ1v) is 7.48. The van der Waals surface area contributed by atoms with Gasteiger partial charge in [-0.3, -0.25) is 0 Å². The van der Waals surface area contributed by atoms with Crippen molar-refractivity contribution >= 4 is 11.6 Å². The molecule has 20 heavy (non-hydrogen) atoms. The van der Waals surface area contributed by atoms with E-state index in [-0.39, 0.29) is 0 Å². The second-order valence-corrected chi connectivity index (χ2v) is 5.71. The quantitative estimate of drug-likeness (QED) is 0.939. The lowest BCUT2D eigenvalue weighted by Crippen LogP contribution is -2.29. The first-order valence-electron chi connectivity index (χ1n) is 7.10. The van der Waals surface area contributed by atoms with Crippen molar-refractivity contribution in [3.05, 3.63) is 35.2 Å². The molecule has 5 heteroatoms.